The Labute approximate surface area is 93.6 Å². The zero-order chi connectivity index (χ0) is 11.3. The molecule has 1 aromatic carbocycles. The second-order valence-electron chi connectivity index (χ2n) is 3.26. The number of hydrogen-bond donors (Lipinski definition) is 0. The minimum atomic E-state index is -0.494. The van der Waals surface area contributed by atoms with Crippen molar-refractivity contribution >= 4 is 17.4 Å². The lowest BCUT2D eigenvalue weighted by atomic mass is 10.1. The summed E-state index contributed by atoms with van der Waals surface area (Å²) < 4.78 is 13.4. The molecule has 1 rings (SSSR count). The smallest absolute Gasteiger partial charge is 0.145 e. The van der Waals surface area contributed by atoms with Gasteiger partial charge in [-0.2, -0.15) is 0 Å². The number of rotatable bonds is 5. The quantitative estimate of drug-likeness (QED) is 0.702. The molecule has 0 aromatic heterocycles. The molecule has 0 fully saturated rings. The van der Waals surface area contributed by atoms with Crippen LogP contribution in [0.25, 0.3) is 0 Å². The summed E-state index contributed by atoms with van der Waals surface area (Å²) in [4.78, 5) is 11.4. The fraction of sp³-hybridized carbons (Fsp3) is 0.250. The van der Waals surface area contributed by atoms with Gasteiger partial charge >= 0.3 is 0 Å². The van der Waals surface area contributed by atoms with E-state index in [0.29, 0.717) is 18.4 Å². The van der Waals surface area contributed by atoms with Gasteiger partial charge in [0.25, 0.3) is 0 Å². The zero-order valence-electron chi connectivity index (χ0n) is 8.30. The zero-order valence-corrected chi connectivity index (χ0v) is 9.06. The third-order valence-corrected chi connectivity index (χ3v) is 2.34. The molecule has 0 spiro atoms. The molecule has 3 heteroatoms. The second kappa shape index (κ2) is 5.66. The summed E-state index contributed by atoms with van der Waals surface area (Å²) in [6.07, 6.45) is 2.79. The van der Waals surface area contributed by atoms with Crippen molar-refractivity contribution in [2.24, 2.45) is 0 Å². The highest BCUT2D eigenvalue weighted by atomic mass is 35.5. The van der Waals surface area contributed by atoms with E-state index in [0.717, 1.165) is 0 Å². The van der Waals surface area contributed by atoms with Crippen molar-refractivity contribution in [1.82, 2.24) is 0 Å². The molecular weight excluding hydrogens is 215 g/mol. The molecular formula is C12H12ClFO. The maximum atomic E-state index is 13.4. The van der Waals surface area contributed by atoms with E-state index < -0.39 is 5.82 Å². The lowest BCUT2D eigenvalue weighted by Gasteiger charge is -2.03. The maximum absolute atomic E-state index is 13.4. The lowest BCUT2D eigenvalue weighted by Crippen LogP contribution is -2.04. The minimum Gasteiger partial charge on any atom is -0.299 e. The second-order valence-corrected chi connectivity index (χ2v) is 3.66. The Morgan fingerprint density at radius 3 is 2.93 bits per heavy atom. The summed E-state index contributed by atoms with van der Waals surface area (Å²) in [6, 6.07) is 4.68. The summed E-state index contributed by atoms with van der Waals surface area (Å²) >= 11 is 5.60. The summed E-state index contributed by atoms with van der Waals surface area (Å²) in [5, 5.41) is 0.0593. The highest BCUT2D eigenvalue weighted by Crippen LogP contribution is 2.18. The number of carbonyl (C=O) groups is 1. The topological polar surface area (TPSA) is 17.1 Å². The molecule has 80 valence electrons. The SMILES string of the molecule is C=CCCC(=O)Cc1cccc(Cl)c1F. The van der Waals surface area contributed by atoms with Crippen LogP contribution in [0.3, 0.4) is 0 Å². The van der Waals surface area contributed by atoms with E-state index in [4.69, 9.17) is 11.6 Å². The van der Waals surface area contributed by atoms with E-state index in [1.54, 1.807) is 18.2 Å². The first-order chi connectivity index (χ1) is 7.15. The van der Waals surface area contributed by atoms with Crippen LogP contribution in [0.15, 0.2) is 30.9 Å². The van der Waals surface area contributed by atoms with Gasteiger partial charge in [0.15, 0.2) is 0 Å². The Balaban J connectivity index is 2.68. The first kappa shape index (κ1) is 11.9. The van der Waals surface area contributed by atoms with Gasteiger partial charge in [0.1, 0.15) is 11.6 Å². The molecule has 0 amide bonds. The fourth-order valence-electron chi connectivity index (χ4n) is 1.25. The molecule has 0 saturated heterocycles. The van der Waals surface area contributed by atoms with Gasteiger partial charge in [0, 0.05) is 12.8 Å². The Hall–Kier alpha value is -1.15. The van der Waals surface area contributed by atoms with Gasteiger partial charge < -0.3 is 0 Å². The molecule has 0 N–H and O–H groups in total. The number of hydrogen-bond acceptors (Lipinski definition) is 1. The van der Waals surface area contributed by atoms with E-state index in [9.17, 15) is 9.18 Å². The van der Waals surface area contributed by atoms with Crippen LogP contribution in [-0.2, 0) is 11.2 Å². The molecule has 0 saturated carbocycles. The number of ketones is 1. The van der Waals surface area contributed by atoms with Gasteiger partial charge in [-0.05, 0) is 18.1 Å². The highest BCUT2D eigenvalue weighted by molar-refractivity contribution is 6.30. The molecule has 0 bridgehead atoms. The highest BCUT2D eigenvalue weighted by Gasteiger charge is 2.09. The van der Waals surface area contributed by atoms with E-state index in [1.165, 1.54) is 6.07 Å². The van der Waals surface area contributed by atoms with E-state index >= 15 is 0 Å². The molecule has 15 heavy (non-hydrogen) atoms. The Morgan fingerprint density at radius 1 is 1.53 bits per heavy atom. The average Bonchev–Trinajstić information content (AvgIpc) is 2.22. The van der Waals surface area contributed by atoms with Crippen LogP contribution in [0, 0.1) is 5.82 Å². The standard InChI is InChI=1S/C12H12ClFO/c1-2-3-6-10(15)8-9-5-4-7-11(13)12(9)14/h2,4-5,7H,1,3,6,8H2. The summed E-state index contributed by atoms with van der Waals surface area (Å²) in [5.74, 6) is -0.498. The van der Waals surface area contributed by atoms with E-state index in [-0.39, 0.29) is 17.2 Å². The van der Waals surface area contributed by atoms with Crippen LogP contribution in [0.4, 0.5) is 4.39 Å². The van der Waals surface area contributed by atoms with Crippen LogP contribution in [0.1, 0.15) is 18.4 Å². The van der Waals surface area contributed by atoms with Crippen molar-refractivity contribution in [3.05, 3.63) is 47.3 Å². The number of Topliss-reactive ketones (excluding diaryl/α,β-unsaturated/α-hetero) is 1. The van der Waals surface area contributed by atoms with Crippen molar-refractivity contribution < 1.29 is 9.18 Å². The number of benzene rings is 1. The molecule has 0 aliphatic heterocycles. The van der Waals surface area contributed by atoms with Crippen LogP contribution in [0.2, 0.25) is 5.02 Å². The summed E-state index contributed by atoms with van der Waals surface area (Å²) in [5.41, 5.74) is 0.358. The number of allylic oxidation sites excluding steroid dienone is 1. The van der Waals surface area contributed by atoms with Crippen LogP contribution < -0.4 is 0 Å². The molecule has 0 atom stereocenters. The predicted octanol–water partition coefficient (Wildman–Crippen LogP) is 3.56. The molecule has 0 aliphatic rings. The molecule has 0 unspecified atom stereocenters. The Morgan fingerprint density at radius 2 is 2.27 bits per heavy atom. The third-order valence-electron chi connectivity index (χ3n) is 2.05. The normalized spacial score (nSPS) is 10.0. The molecule has 0 aliphatic carbocycles. The molecule has 0 radical (unpaired) electrons. The summed E-state index contributed by atoms with van der Waals surface area (Å²) in [6.45, 7) is 3.52. The maximum Gasteiger partial charge on any atom is 0.145 e. The van der Waals surface area contributed by atoms with Gasteiger partial charge in [0.05, 0.1) is 5.02 Å². The van der Waals surface area contributed by atoms with Gasteiger partial charge in [-0.15, -0.1) is 6.58 Å². The lowest BCUT2D eigenvalue weighted by molar-refractivity contribution is -0.118. The van der Waals surface area contributed by atoms with Crippen LogP contribution >= 0.6 is 11.6 Å². The third kappa shape index (κ3) is 3.48. The average molecular weight is 227 g/mol. The van der Waals surface area contributed by atoms with Crippen LogP contribution in [0.5, 0.6) is 0 Å². The first-order valence-corrected chi connectivity index (χ1v) is 5.08. The largest absolute Gasteiger partial charge is 0.299 e. The van der Waals surface area contributed by atoms with Crippen molar-refractivity contribution in [2.45, 2.75) is 19.3 Å². The van der Waals surface area contributed by atoms with Gasteiger partial charge in [-0.1, -0.05) is 29.8 Å². The van der Waals surface area contributed by atoms with Crippen molar-refractivity contribution in [3.63, 3.8) is 0 Å². The van der Waals surface area contributed by atoms with E-state index in [2.05, 4.69) is 6.58 Å². The monoisotopic (exact) mass is 226 g/mol. The Bertz CT molecular complexity index is 374. The number of halogens is 2. The van der Waals surface area contributed by atoms with Crippen molar-refractivity contribution in [3.8, 4) is 0 Å². The van der Waals surface area contributed by atoms with Gasteiger partial charge in [-0.25, -0.2) is 4.39 Å². The minimum absolute atomic E-state index is 0.00364. The fourth-order valence-corrected chi connectivity index (χ4v) is 1.44. The predicted molar refractivity (Wildman–Crippen MR) is 59.6 cm³/mol. The molecule has 0 heterocycles. The van der Waals surface area contributed by atoms with Crippen LogP contribution in [-0.4, -0.2) is 5.78 Å². The van der Waals surface area contributed by atoms with Crippen molar-refractivity contribution in [1.29, 1.82) is 0 Å². The molecule has 1 nitrogen and oxygen atoms in total. The summed E-state index contributed by atoms with van der Waals surface area (Å²) in [7, 11) is 0. The first-order valence-electron chi connectivity index (χ1n) is 4.70. The van der Waals surface area contributed by atoms with Crippen molar-refractivity contribution in [2.75, 3.05) is 0 Å². The van der Waals surface area contributed by atoms with Gasteiger partial charge in [0.2, 0.25) is 0 Å². The Kier molecular flexibility index (Phi) is 4.50. The molecule has 1 aromatic rings. The van der Waals surface area contributed by atoms with E-state index in [1.807, 2.05) is 0 Å². The van der Waals surface area contributed by atoms with Gasteiger partial charge in [-0.3, -0.25) is 4.79 Å². The number of carbonyl (C=O) groups excluding carboxylic acids is 1.